The van der Waals surface area contributed by atoms with Crippen molar-refractivity contribution in [1.29, 1.82) is 0 Å². The highest BCUT2D eigenvalue weighted by molar-refractivity contribution is 5.85. The molecule has 5 nitrogen and oxygen atoms in total. The van der Waals surface area contributed by atoms with E-state index in [1.165, 1.54) is 12.4 Å². The van der Waals surface area contributed by atoms with Crippen LogP contribution in [0.15, 0.2) is 12.4 Å². The summed E-state index contributed by atoms with van der Waals surface area (Å²) in [5.41, 5.74) is 0. The zero-order chi connectivity index (χ0) is 5.98. The Morgan fingerprint density at radius 3 is 2.11 bits per heavy atom. The second-order valence-electron chi connectivity index (χ2n) is 1.10. The van der Waals surface area contributed by atoms with Gasteiger partial charge in [-0.15, -0.1) is 12.4 Å². The molecule has 9 heavy (non-hydrogen) atoms. The zero-order valence-corrected chi connectivity index (χ0v) is 5.08. The summed E-state index contributed by atoms with van der Waals surface area (Å²) in [7, 11) is 0. The van der Waals surface area contributed by atoms with Crippen molar-refractivity contribution in [3.8, 4) is 0 Å². The molecule has 1 heterocycles. The lowest BCUT2D eigenvalue weighted by Crippen LogP contribution is -2.10. The monoisotopic (exact) mass is 149 g/mol. The topological polar surface area (TPSA) is 68.0 Å². The minimum absolute atomic E-state index is 0. The normalized spacial score (nSPS) is 8.00. The number of rotatable bonds is 0. The van der Waals surface area contributed by atoms with Crippen LogP contribution >= 0.6 is 12.4 Å². The van der Waals surface area contributed by atoms with Gasteiger partial charge in [-0.25, -0.2) is 4.79 Å². The van der Waals surface area contributed by atoms with Gasteiger partial charge in [0.15, 0.2) is 0 Å². The van der Waals surface area contributed by atoms with Crippen LogP contribution in [0, 0.1) is 0 Å². The maximum atomic E-state index is 9.90. The number of carbonyl (C=O) groups is 1. The molecule has 1 aromatic heterocycles. The third-order valence-corrected chi connectivity index (χ3v) is 0.590. The summed E-state index contributed by atoms with van der Waals surface area (Å²) in [6.07, 6.45) is 1.43. The van der Waals surface area contributed by atoms with Crippen molar-refractivity contribution in [1.82, 2.24) is 15.0 Å². The summed E-state index contributed by atoms with van der Waals surface area (Å²) in [4.78, 5) is 10.5. The van der Waals surface area contributed by atoms with Gasteiger partial charge in [0, 0.05) is 0 Å². The summed E-state index contributed by atoms with van der Waals surface area (Å²) in [6, 6.07) is 0. The van der Waals surface area contributed by atoms with E-state index < -0.39 is 6.09 Å². The Bertz CT molecular complexity index is 185. The highest BCUT2D eigenvalue weighted by Crippen LogP contribution is 1.73. The molecule has 0 aliphatic rings. The Hall–Kier alpha value is -1.10. The molecule has 6 heteroatoms. The van der Waals surface area contributed by atoms with Crippen molar-refractivity contribution >= 4 is 18.5 Å². The van der Waals surface area contributed by atoms with Gasteiger partial charge >= 0.3 is 6.09 Å². The Labute approximate surface area is 56.7 Å². The first-order chi connectivity index (χ1) is 3.80. The first-order valence-electron chi connectivity index (χ1n) is 1.90. The quantitative estimate of drug-likeness (QED) is 0.573. The van der Waals surface area contributed by atoms with E-state index in [2.05, 4.69) is 10.2 Å². The molecule has 0 fully saturated rings. The minimum atomic E-state index is -1.17. The molecule has 0 spiro atoms. The fourth-order valence-corrected chi connectivity index (χ4v) is 0.315. The summed E-state index contributed by atoms with van der Waals surface area (Å²) in [5, 5.41) is 14.8. The van der Waals surface area contributed by atoms with E-state index in [9.17, 15) is 4.79 Å². The number of halogens is 1. The first-order valence-corrected chi connectivity index (χ1v) is 1.90. The molecule has 1 N–H and O–H groups in total. The van der Waals surface area contributed by atoms with Crippen molar-refractivity contribution in [3.63, 3.8) is 0 Å². The van der Waals surface area contributed by atoms with E-state index in [1.807, 2.05) is 0 Å². The second kappa shape index (κ2) is 3.03. The average molecular weight is 150 g/mol. The van der Waals surface area contributed by atoms with Crippen LogP contribution in [-0.4, -0.2) is 26.2 Å². The Kier molecular flexibility index (Phi) is 2.66. The van der Waals surface area contributed by atoms with E-state index in [1.54, 1.807) is 0 Å². The Morgan fingerprint density at radius 2 is 1.89 bits per heavy atom. The smallest absolute Gasteiger partial charge is 0.449 e. The fraction of sp³-hybridized carbons (Fsp3) is 0. The van der Waals surface area contributed by atoms with Crippen LogP contribution in [0.2, 0.25) is 0 Å². The highest BCUT2D eigenvalue weighted by atomic mass is 35.5. The summed E-state index contributed by atoms with van der Waals surface area (Å²) in [6.45, 7) is 0. The van der Waals surface area contributed by atoms with Gasteiger partial charge in [0.1, 0.15) is 0 Å². The van der Waals surface area contributed by atoms with Crippen molar-refractivity contribution in [2.45, 2.75) is 0 Å². The van der Waals surface area contributed by atoms with Gasteiger partial charge in [0.2, 0.25) is 0 Å². The molecule has 0 aromatic carbocycles. The number of carboxylic acid groups (broad SMARTS) is 1. The lowest BCUT2D eigenvalue weighted by molar-refractivity contribution is 0.188. The lowest BCUT2D eigenvalue weighted by atomic mass is 11.0. The maximum absolute atomic E-state index is 9.90. The zero-order valence-electron chi connectivity index (χ0n) is 4.26. The van der Waals surface area contributed by atoms with Gasteiger partial charge in [-0.3, -0.25) is 0 Å². The van der Waals surface area contributed by atoms with Crippen LogP contribution in [0.3, 0.4) is 0 Å². The largest absolute Gasteiger partial charge is 0.462 e. The first kappa shape index (κ1) is 7.90. The summed E-state index contributed by atoms with van der Waals surface area (Å²) in [5.74, 6) is 0. The second-order valence-corrected chi connectivity index (χ2v) is 1.10. The van der Waals surface area contributed by atoms with Crippen molar-refractivity contribution in [2.75, 3.05) is 0 Å². The van der Waals surface area contributed by atoms with Gasteiger partial charge in [0.25, 0.3) is 0 Å². The predicted octanol–water partition coefficient (Wildman–Crippen LogP) is 0.226. The molecule has 0 bridgehead atoms. The standard InChI is InChI=1S/C3H3N3O2.ClH/c7-3(8)6-4-1-2-5-6;/h1-2H,(H,7,8);1H. The van der Waals surface area contributed by atoms with E-state index in [0.29, 0.717) is 4.80 Å². The molecule has 0 radical (unpaired) electrons. The van der Waals surface area contributed by atoms with Gasteiger partial charge in [0.05, 0.1) is 12.4 Å². The Morgan fingerprint density at radius 1 is 1.44 bits per heavy atom. The fourth-order valence-electron chi connectivity index (χ4n) is 0.315. The third-order valence-electron chi connectivity index (χ3n) is 0.590. The summed E-state index contributed by atoms with van der Waals surface area (Å²) >= 11 is 0. The Balaban J connectivity index is 0.000000640. The minimum Gasteiger partial charge on any atom is -0.462 e. The van der Waals surface area contributed by atoms with Crippen LogP contribution in [0.1, 0.15) is 0 Å². The molecule has 0 saturated heterocycles. The molecular formula is C3H4ClN3O2. The molecule has 0 amide bonds. The maximum Gasteiger partial charge on any atom is 0.449 e. The molecule has 50 valence electrons. The molecule has 0 saturated carbocycles. The molecule has 0 atom stereocenters. The van der Waals surface area contributed by atoms with Crippen LogP contribution < -0.4 is 0 Å². The van der Waals surface area contributed by atoms with E-state index in [0.717, 1.165) is 0 Å². The van der Waals surface area contributed by atoms with E-state index >= 15 is 0 Å². The van der Waals surface area contributed by atoms with Crippen LogP contribution in [0.25, 0.3) is 0 Å². The SMILES string of the molecule is Cl.O=C(O)n1nccn1. The van der Waals surface area contributed by atoms with E-state index in [-0.39, 0.29) is 12.4 Å². The number of aromatic nitrogens is 3. The van der Waals surface area contributed by atoms with Gasteiger partial charge in [-0.1, -0.05) is 4.80 Å². The van der Waals surface area contributed by atoms with Crippen molar-refractivity contribution < 1.29 is 9.90 Å². The third kappa shape index (κ3) is 1.69. The van der Waals surface area contributed by atoms with E-state index in [4.69, 9.17) is 5.11 Å². The van der Waals surface area contributed by atoms with Gasteiger partial charge in [-0.2, -0.15) is 10.2 Å². The lowest BCUT2D eigenvalue weighted by Gasteiger charge is -1.82. The number of hydrogen-bond acceptors (Lipinski definition) is 3. The number of hydrogen-bond donors (Lipinski definition) is 1. The molecule has 0 aliphatic carbocycles. The molecule has 0 unspecified atom stereocenters. The van der Waals surface area contributed by atoms with Crippen LogP contribution in [0.4, 0.5) is 4.79 Å². The molecule has 1 aromatic rings. The van der Waals surface area contributed by atoms with Gasteiger partial charge < -0.3 is 5.11 Å². The van der Waals surface area contributed by atoms with Crippen molar-refractivity contribution in [3.05, 3.63) is 12.4 Å². The molecule has 1 rings (SSSR count). The van der Waals surface area contributed by atoms with Gasteiger partial charge in [-0.05, 0) is 0 Å². The molecular weight excluding hydrogens is 146 g/mol. The van der Waals surface area contributed by atoms with Crippen LogP contribution in [-0.2, 0) is 0 Å². The van der Waals surface area contributed by atoms with Crippen LogP contribution in [0.5, 0.6) is 0 Å². The molecule has 0 aliphatic heterocycles. The van der Waals surface area contributed by atoms with Crippen molar-refractivity contribution in [2.24, 2.45) is 0 Å². The average Bonchev–Trinajstić information content (AvgIpc) is 2.12. The highest BCUT2D eigenvalue weighted by Gasteiger charge is 1.97. The number of nitrogens with zero attached hydrogens (tertiary/aromatic N) is 3. The predicted molar refractivity (Wildman–Crippen MR) is 30.7 cm³/mol. The summed E-state index contributed by atoms with van der Waals surface area (Å²) < 4.78 is 0.